The van der Waals surface area contributed by atoms with Crippen molar-refractivity contribution in [3.63, 3.8) is 0 Å². The monoisotopic (exact) mass is 414 g/mol. The summed E-state index contributed by atoms with van der Waals surface area (Å²) in [6.45, 7) is 1.78. The molecule has 11 heteroatoms. The van der Waals surface area contributed by atoms with Gasteiger partial charge in [-0.15, -0.1) is 0 Å². The second kappa shape index (κ2) is 7.57. The van der Waals surface area contributed by atoms with E-state index in [4.69, 9.17) is 0 Å². The Labute approximate surface area is 160 Å². The zero-order valence-corrected chi connectivity index (χ0v) is 14.7. The van der Waals surface area contributed by atoms with Crippen LogP contribution in [0.1, 0.15) is 23.0 Å². The van der Waals surface area contributed by atoms with Gasteiger partial charge in [0, 0.05) is 18.3 Å². The first-order chi connectivity index (χ1) is 13.6. The van der Waals surface area contributed by atoms with Crippen LogP contribution < -0.4 is 5.32 Å². The van der Waals surface area contributed by atoms with Crippen LogP contribution in [0, 0.1) is 17.5 Å². The summed E-state index contributed by atoms with van der Waals surface area (Å²) in [5.41, 5.74) is -1.76. The van der Waals surface area contributed by atoms with Gasteiger partial charge in [-0.1, -0.05) is 0 Å². The highest BCUT2D eigenvalue weighted by molar-refractivity contribution is 6.04. The summed E-state index contributed by atoms with van der Waals surface area (Å²) < 4.78 is 80.3. The van der Waals surface area contributed by atoms with Gasteiger partial charge in [-0.2, -0.15) is 18.3 Å². The van der Waals surface area contributed by atoms with Crippen molar-refractivity contribution in [1.82, 2.24) is 14.8 Å². The fourth-order valence-corrected chi connectivity index (χ4v) is 2.56. The topological polar surface area (TPSA) is 59.8 Å². The average molecular weight is 414 g/mol. The molecular weight excluding hydrogens is 402 g/mol. The van der Waals surface area contributed by atoms with Crippen LogP contribution in [0.5, 0.6) is 0 Å². The number of rotatable bonds is 4. The summed E-state index contributed by atoms with van der Waals surface area (Å²) >= 11 is 0. The van der Waals surface area contributed by atoms with E-state index in [9.17, 15) is 31.1 Å². The smallest absolute Gasteiger partial charge is 0.306 e. The summed E-state index contributed by atoms with van der Waals surface area (Å²) in [5.74, 6) is -5.71. The molecule has 2 heterocycles. The van der Waals surface area contributed by atoms with Crippen molar-refractivity contribution >= 4 is 11.7 Å². The Balaban J connectivity index is 1.86. The Morgan fingerprint density at radius 1 is 1.10 bits per heavy atom. The molecule has 0 bridgehead atoms. The molecule has 29 heavy (non-hydrogen) atoms. The van der Waals surface area contributed by atoms with Crippen molar-refractivity contribution < 1.29 is 31.1 Å². The fraction of sp³-hybridized carbons (Fsp3) is 0.167. The van der Waals surface area contributed by atoms with Crippen molar-refractivity contribution in [2.24, 2.45) is 0 Å². The Morgan fingerprint density at radius 2 is 1.79 bits per heavy atom. The molecule has 0 aliphatic rings. The maximum absolute atomic E-state index is 13.7. The average Bonchev–Trinajstić information content (AvgIpc) is 3.10. The zero-order chi connectivity index (χ0) is 21.3. The van der Waals surface area contributed by atoms with Crippen molar-refractivity contribution in [2.45, 2.75) is 19.6 Å². The minimum atomic E-state index is -4.62. The van der Waals surface area contributed by atoms with Gasteiger partial charge in [0.2, 0.25) is 0 Å². The molecule has 0 aliphatic carbocycles. The number of hydrogen-bond acceptors (Lipinski definition) is 3. The zero-order valence-electron chi connectivity index (χ0n) is 14.7. The molecule has 0 spiro atoms. The van der Waals surface area contributed by atoms with E-state index in [1.165, 1.54) is 12.1 Å². The van der Waals surface area contributed by atoms with E-state index in [2.05, 4.69) is 15.4 Å². The van der Waals surface area contributed by atoms with Gasteiger partial charge in [0.05, 0.1) is 5.69 Å². The van der Waals surface area contributed by atoms with Crippen LogP contribution >= 0.6 is 0 Å². The summed E-state index contributed by atoms with van der Waals surface area (Å²) in [7, 11) is 0. The standard InChI is InChI=1S/C18H12F6N4O/c1-2-28-12(7-13(27-28)18(22,23)24)9-3-6-14(25-8-9)26-17(29)15-10(19)4-5-11(20)16(15)21/h3-8H,2H2,1H3,(H,25,26,29). The Kier molecular flexibility index (Phi) is 5.31. The normalized spacial score (nSPS) is 11.6. The second-order valence-corrected chi connectivity index (χ2v) is 5.83. The van der Waals surface area contributed by atoms with Crippen LogP contribution in [-0.2, 0) is 12.7 Å². The third-order valence-electron chi connectivity index (χ3n) is 3.94. The molecule has 152 valence electrons. The predicted octanol–water partition coefficient (Wildman–Crippen LogP) is 4.65. The van der Waals surface area contributed by atoms with Crippen LogP contribution in [0.15, 0.2) is 36.5 Å². The Bertz CT molecular complexity index is 1060. The molecule has 3 aromatic rings. The van der Waals surface area contributed by atoms with E-state index < -0.39 is 40.8 Å². The van der Waals surface area contributed by atoms with Gasteiger partial charge in [0.15, 0.2) is 17.3 Å². The first-order valence-corrected chi connectivity index (χ1v) is 8.18. The lowest BCUT2D eigenvalue weighted by atomic mass is 10.1. The number of amides is 1. The SMILES string of the molecule is CCn1nc(C(F)(F)F)cc1-c1ccc(NC(=O)c2c(F)ccc(F)c2F)nc1. The molecule has 0 atom stereocenters. The van der Waals surface area contributed by atoms with E-state index in [0.717, 1.165) is 16.9 Å². The number of aromatic nitrogens is 3. The van der Waals surface area contributed by atoms with Crippen LogP contribution in [0.3, 0.4) is 0 Å². The van der Waals surface area contributed by atoms with Gasteiger partial charge in [-0.05, 0) is 37.3 Å². The summed E-state index contributed by atoms with van der Waals surface area (Å²) in [6, 6.07) is 4.58. The maximum Gasteiger partial charge on any atom is 0.435 e. The van der Waals surface area contributed by atoms with Crippen LogP contribution in [0.4, 0.5) is 32.2 Å². The number of pyridine rings is 1. The molecule has 5 nitrogen and oxygen atoms in total. The number of halogens is 6. The van der Waals surface area contributed by atoms with Crippen molar-refractivity contribution in [3.8, 4) is 11.3 Å². The second-order valence-electron chi connectivity index (χ2n) is 5.83. The van der Waals surface area contributed by atoms with Gasteiger partial charge in [0.25, 0.3) is 5.91 Å². The van der Waals surface area contributed by atoms with Crippen molar-refractivity contribution in [2.75, 3.05) is 5.32 Å². The molecule has 0 saturated carbocycles. The first kappa shape index (κ1) is 20.4. The summed E-state index contributed by atoms with van der Waals surface area (Å²) in [5, 5.41) is 5.59. The molecule has 0 saturated heterocycles. The molecule has 2 aromatic heterocycles. The van der Waals surface area contributed by atoms with Gasteiger partial charge >= 0.3 is 6.18 Å². The molecule has 3 rings (SSSR count). The highest BCUT2D eigenvalue weighted by Crippen LogP contribution is 2.31. The van der Waals surface area contributed by atoms with E-state index in [0.29, 0.717) is 12.1 Å². The summed E-state index contributed by atoms with van der Waals surface area (Å²) in [6.07, 6.45) is -3.45. The van der Waals surface area contributed by atoms with Gasteiger partial charge in [-0.25, -0.2) is 18.2 Å². The Hall–Kier alpha value is -3.37. The van der Waals surface area contributed by atoms with E-state index in [-0.39, 0.29) is 23.6 Å². The molecular formula is C18H12F6N4O. The molecule has 0 aliphatic heterocycles. The number of nitrogens with zero attached hydrogens (tertiary/aromatic N) is 3. The van der Waals surface area contributed by atoms with Gasteiger partial charge in [0.1, 0.15) is 17.2 Å². The highest BCUT2D eigenvalue weighted by Gasteiger charge is 2.35. The number of anilines is 1. The quantitative estimate of drug-likeness (QED) is 0.499. The van der Waals surface area contributed by atoms with Gasteiger partial charge < -0.3 is 5.32 Å². The lowest BCUT2D eigenvalue weighted by Crippen LogP contribution is -2.17. The number of nitrogens with one attached hydrogen (secondary N) is 1. The first-order valence-electron chi connectivity index (χ1n) is 8.18. The largest absolute Gasteiger partial charge is 0.435 e. The maximum atomic E-state index is 13.7. The van der Waals surface area contributed by atoms with Crippen LogP contribution in [0.2, 0.25) is 0 Å². The minimum Gasteiger partial charge on any atom is -0.306 e. The third-order valence-corrected chi connectivity index (χ3v) is 3.94. The summed E-state index contributed by atoms with van der Waals surface area (Å²) in [4.78, 5) is 15.9. The molecule has 1 aromatic carbocycles. The van der Waals surface area contributed by atoms with Crippen molar-refractivity contribution in [1.29, 1.82) is 0 Å². The van der Waals surface area contributed by atoms with Gasteiger partial charge in [-0.3, -0.25) is 9.48 Å². The molecule has 1 N–H and O–H groups in total. The number of carbonyl (C=O) groups is 1. The molecule has 0 radical (unpaired) electrons. The third kappa shape index (κ3) is 4.08. The predicted molar refractivity (Wildman–Crippen MR) is 90.4 cm³/mol. The number of hydrogen-bond donors (Lipinski definition) is 1. The molecule has 0 fully saturated rings. The van der Waals surface area contributed by atoms with E-state index in [1.807, 2.05) is 0 Å². The fourth-order valence-electron chi connectivity index (χ4n) is 2.56. The van der Waals surface area contributed by atoms with Crippen molar-refractivity contribution in [3.05, 3.63) is 65.2 Å². The van der Waals surface area contributed by atoms with E-state index >= 15 is 0 Å². The minimum absolute atomic E-state index is 0.139. The van der Waals surface area contributed by atoms with Crippen LogP contribution in [-0.4, -0.2) is 20.7 Å². The lowest BCUT2D eigenvalue weighted by Gasteiger charge is -2.08. The number of carbonyl (C=O) groups excluding carboxylic acids is 1. The number of aryl methyl sites for hydroxylation is 1. The number of benzene rings is 1. The molecule has 1 amide bonds. The van der Waals surface area contributed by atoms with Crippen LogP contribution in [0.25, 0.3) is 11.3 Å². The van der Waals surface area contributed by atoms with E-state index in [1.54, 1.807) is 6.92 Å². The highest BCUT2D eigenvalue weighted by atomic mass is 19.4. The molecule has 0 unspecified atom stereocenters. The Morgan fingerprint density at radius 3 is 2.38 bits per heavy atom. The number of alkyl halides is 3. The lowest BCUT2D eigenvalue weighted by molar-refractivity contribution is -0.141.